The number of benzene rings is 2. The molecule has 0 saturated heterocycles. The molecule has 0 bridgehead atoms. The van der Waals surface area contributed by atoms with Crippen molar-refractivity contribution in [3.63, 3.8) is 0 Å². The highest BCUT2D eigenvalue weighted by Crippen LogP contribution is 2.16. The van der Waals surface area contributed by atoms with Crippen LogP contribution in [-0.4, -0.2) is 11.5 Å². The number of thiocarbonyl (C=S) groups is 1. The van der Waals surface area contributed by atoms with Crippen molar-refractivity contribution in [2.24, 2.45) is 5.73 Å². The second-order valence-corrected chi connectivity index (χ2v) is 5.10. The molecule has 2 aromatic carbocycles. The molecule has 20 heavy (non-hydrogen) atoms. The van der Waals surface area contributed by atoms with E-state index in [2.05, 4.69) is 5.32 Å². The molecular weight excluding hydrogens is 271 g/mol. The Morgan fingerprint density at radius 1 is 1.25 bits per heavy atom. The van der Waals surface area contributed by atoms with Crippen molar-refractivity contribution in [2.75, 3.05) is 11.9 Å². The van der Waals surface area contributed by atoms with Gasteiger partial charge < -0.3 is 11.1 Å². The quantitative estimate of drug-likeness (QED) is 0.828. The molecule has 0 radical (unpaired) electrons. The second kappa shape index (κ2) is 6.48. The third-order valence-electron chi connectivity index (χ3n) is 3.21. The number of para-hydroxylation sites is 1. The first-order valence-corrected chi connectivity index (χ1v) is 6.86. The molecule has 4 heteroatoms. The van der Waals surface area contributed by atoms with Crippen LogP contribution in [-0.2, 0) is 6.42 Å². The summed E-state index contributed by atoms with van der Waals surface area (Å²) in [6.07, 6.45) is 0.817. The fourth-order valence-electron chi connectivity index (χ4n) is 2.12. The lowest BCUT2D eigenvalue weighted by Crippen LogP contribution is -2.14. The zero-order chi connectivity index (χ0) is 14.5. The highest BCUT2D eigenvalue weighted by Gasteiger charge is 2.04. The van der Waals surface area contributed by atoms with Crippen molar-refractivity contribution in [3.8, 4) is 0 Å². The maximum Gasteiger partial charge on any atom is 0.123 e. The average Bonchev–Trinajstić information content (AvgIpc) is 2.41. The molecule has 0 fully saturated rings. The van der Waals surface area contributed by atoms with Crippen LogP contribution in [0.15, 0.2) is 42.5 Å². The van der Waals surface area contributed by atoms with Crippen molar-refractivity contribution < 1.29 is 4.39 Å². The maximum absolute atomic E-state index is 13.0. The number of rotatable bonds is 5. The van der Waals surface area contributed by atoms with E-state index < -0.39 is 0 Å². The van der Waals surface area contributed by atoms with E-state index in [1.807, 2.05) is 37.3 Å². The number of halogens is 1. The zero-order valence-corrected chi connectivity index (χ0v) is 12.1. The number of nitrogens with one attached hydrogen (secondary N) is 1. The number of hydrogen-bond donors (Lipinski definition) is 2. The van der Waals surface area contributed by atoms with Crippen LogP contribution >= 0.6 is 12.2 Å². The van der Waals surface area contributed by atoms with Crippen LogP contribution in [0, 0.1) is 12.7 Å². The summed E-state index contributed by atoms with van der Waals surface area (Å²) in [5.41, 5.74) is 9.56. The summed E-state index contributed by atoms with van der Waals surface area (Å²) in [6.45, 7) is 2.66. The van der Waals surface area contributed by atoms with Gasteiger partial charge in [-0.3, -0.25) is 0 Å². The van der Waals surface area contributed by atoms with Crippen LogP contribution in [0.3, 0.4) is 0 Å². The van der Waals surface area contributed by atoms with E-state index in [0.717, 1.165) is 35.3 Å². The summed E-state index contributed by atoms with van der Waals surface area (Å²) in [7, 11) is 0. The van der Waals surface area contributed by atoms with E-state index >= 15 is 0 Å². The Hall–Kier alpha value is -1.94. The standard InChI is InChI=1S/C16H17FN2S/c1-11-10-13(17)7-6-12(11)8-9-19-15-5-3-2-4-14(15)16(18)20/h2-7,10,19H,8-9H2,1H3,(H2,18,20). The predicted octanol–water partition coefficient (Wildman–Crippen LogP) is 3.42. The molecule has 3 N–H and O–H groups in total. The Kier molecular flexibility index (Phi) is 4.69. The molecule has 0 aliphatic carbocycles. The number of anilines is 1. The Balaban J connectivity index is 2.01. The van der Waals surface area contributed by atoms with Gasteiger partial charge in [0.25, 0.3) is 0 Å². The van der Waals surface area contributed by atoms with Gasteiger partial charge >= 0.3 is 0 Å². The zero-order valence-electron chi connectivity index (χ0n) is 11.3. The molecule has 0 aliphatic rings. The summed E-state index contributed by atoms with van der Waals surface area (Å²) in [5, 5.41) is 3.32. The smallest absolute Gasteiger partial charge is 0.123 e. The van der Waals surface area contributed by atoms with E-state index in [0.29, 0.717) is 4.99 Å². The molecule has 0 saturated carbocycles. The van der Waals surface area contributed by atoms with Gasteiger partial charge in [0.2, 0.25) is 0 Å². The third-order valence-corrected chi connectivity index (χ3v) is 3.43. The molecule has 0 aliphatic heterocycles. The number of hydrogen-bond acceptors (Lipinski definition) is 2. The Morgan fingerprint density at radius 3 is 2.70 bits per heavy atom. The summed E-state index contributed by atoms with van der Waals surface area (Å²) < 4.78 is 13.0. The summed E-state index contributed by atoms with van der Waals surface area (Å²) >= 11 is 5.02. The third kappa shape index (κ3) is 3.54. The van der Waals surface area contributed by atoms with Crippen LogP contribution in [0.25, 0.3) is 0 Å². The summed E-state index contributed by atoms with van der Waals surface area (Å²) in [6, 6.07) is 12.6. The van der Waals surface area contributed by atoms with Crippen LogP contribution in [0.1, 0.15) is 16.7 Å². The molecule has 2 aromatic rings. The number of aryl methyl sites for hydroxylation is 1. The molecule has 2 nitrogen and oxygen atoms in total. The first-order valence-electron chi connectivity index (χ1n) is 6.45. The van der Waals surface area contributed by atoms with Crippen molar-refractivity contribution in [2.45, 2.75) is 13.3 Å². The number of nitrogens with two attached hydrogens (primary N) is 1. The first-order chi connectivity index (χ1) is 9.58. The topological polar surface area (TPSA) is 38.0 Å². The van der Waals surface area contributed by atoms with Gasteiger partial charge in [-0.25, -0.2) is 4.39 Å². The lowest BCUT2D eigenvalue weighted by Gasteiger charge is -2.12. The van der Waals surface area contributed by atoms with Gasteiger partial charge in [0.05, 0.1) is 0 Å². The summed E-state index contributed by atoms with van der Waals surface area (Å²) in [5.74, 6) is -0.196. The first kappa shape index (κ1) is 14.5. The van der Waals surface area contributed by atoms with Crippen LogP contribution < -0.4 is 11.1 Å². The van der Waals surface area contributed by atoms with E-state index in [-0.39, 0.29) is 5.82 Å². The molecule has 2 rings (SSSR count). The molecule has 0 aromatic heterocycles. The van der Waals surface area contributed by atoms with Gasteiger partial charge in [-0.15, -0.1) is 0 Å². The van der Waals surface area contributed by atoms with Gasteiger partial charge in [0.15, 0.2) is 0 Å². The maximum atomic E-state index is 13.0. The molecular formula is C16H17FN2S. The predicted molar refractivity (Wildman–Crippen MR) is 85.7 cm³/mol. The highest BCUT2D eigenvalue weighted by molar-refractivity contribution is 7.80. The minimum atomic E-state index is -0.196. The van der Waals surface area contributed by atoms with E-state index in [4.69, 9.17) is 18.0 Å². The van der Waals surface area contributed by atoms with Crippen molar-refractivity contribution in [1.82, 2.24) is 0 Å². The fraction of sp³-hybridized carbons (Fsp3) is 0.188. The van der Waals surface area contributed by atoms with Crippen LogP contribution in [0.4, 0.5) is 10.1 Å². The van der Waals surface area contributed by atoms with Gasteiger partial charge in [0.1, 0.15) is 10.8 Å². The lowest BCUT2D eigenvalue weighted by molar-refractivity contribution is 0.625. The van der Waals surface area contributed by atoms with Crippen molar-refractivity contribution >= 4 is 22.9 Å². The molecule has 104 valence electrons. The minimum absolute atomic E-state index is 0.196. The monoisotopic (exact) mass is 288 g/mol. The molecule has 0 heterocycles. The molecule has 0 amide bonds. The Morgan fingerprint density at radius 2 is 2.00 bits per heavy atom. The van der Waals surface area contributed by atoms with Gasteiger partial charge in [-0.1, -0.05) is 30.4 Å². The van der Waals surface area contributed by atoms with Gasteiger partial charge in [-0.05, 0) is 48.7 Å². The summed E-state index contributed by atoms with van der Waals surface area (Å²) in [4.78, 5) is 0.381. The van der Waals surface area contributed by atoms with E-state index in [1.54, 1.807) is 6.07 Å². The molecule has 0 spiro atoms. The fourth-order valence-corrected chi connectivity index (χ4v) is 2.30. The second-order valence-electron chi connectivity index (χ2n) is 4.66. The normalized spacial score (nSPS) is 10.3. The Labute approximate surface area is 123 Å². The van der Waals surface area contributed by atoms with Crippen LogP contribution in [0.5, 0.6) is 0 Å². The minimum Gasteiger partial charge on any atom is -0.389 e. The average molecular weight is 288 g/mol. The SMILES string of the molecule is Cc1cc(F)ccc1CCNc1ccccc1C(N)=S. The van der Waals surface area contributed by atoms with E-state index in [9.17, 15) is 4.39 Å². The van der Waals surface area contributed by atoms with E-state index in [1.165, 1.54) is 6.07 Å². The molecule has 0 unspecified atom stereocenters. The van der Waals surface area contributed by atoms with Crippen LogP contribution in [0.2, 0.25) is 0 Å². The Bertz CT molecular complexity index is 626. The highest BCUT2D eigenvalue weighted by atomic mass is 32.1. The molecule has 0 atom stereocenters. The lowest BCUT2D eigenvalue weighted by atomic mass is 10.1. The van der Waals surface area contributed by atoms with Crippen molar-refractivity contribution in [3.05, 3.63) is 65.0 Å². The van der Waals surface area contributed by atoms with Gasteiger partial charge in [-0.2, -0.15) is 0 Å². The van der Waals surface area contributed by atoms with Crippen molar-refractivity contribution in [1.29, 1.82) is 0 Å². The largest absolute Gasteiger partial charge is 0.389 e. The van der Waals surface area contributed by atoms with Gasteiger partial charge in [0, 0.05) is 17.8 Å².